The molecular formula is C18H13BrClIN2O4S. The predicted molar refractivity (Wildman–Crippen MR) is 120 cm³/mol. The predicted octanol–water partition coefficient (Wildman–Crippen LogP) is 5.70. The van der Waals surface area contributed by atoms with Gasteiger partial charge in [-0.1, -0.05) is 11.6 Å². The second-order valence-corrected chi connectivity index (χ2v) is 9.67. The zero-order valence-corrected chi connectivity index (χ0v) is 19.6. The summed E-state index contributed by atoms with van der Waals surface area (Å²) in [5, 5.41) is 0.413. The highest BCUT2D eigenvalue weighted by atomic mass is 127. The largest absolute Gasteiger partial charge is 0.493 e. The molecule has 1 aromatic heterocycles. The zero-order valence-electron chi connectivity index (χ0n) is 14.3. The minimum absolute atomic E-state index is 0.0134. The molecule has 0 spiro atoms. The monoisotopic (exact) mass is 594 g/mol. The van der Waals surface area contributed by atoms with Crippen LogP contribution in [-0.4, -0.2) is 20.5 Å². The van der Waals surface area contributed by atoms with Crippen molar-refractivity contribution in [2.45, 2.75) is 4.90 Å². The first-order valence-corrected chi connectivity index (χ1v) is 11.5. The normalized spacial score (nSPS) is 11.1. The van der Waals surface area contributed by atoms with E-state index in [4.69, 9.17) is 21.1 Å². The summed E-state index contributed by atoms with van der Waals surface area (Å²) in [6.07, 6.45) is 2.97. The molecule has 0 saturated carbocycles. The average Bonchev–Trinajstić information content (AvgIpc) is 2.63. The van der Waals surface area contributed by atoms with E-state index in [1.165, 1.54) is 31.6 Å². The van der Waals surface area contributed by atoms with Gasteiger partial charge in [-0.2, -0.15) is 0 Å². The zero-order chi connectivity index (χ0) is 20.3. The Morgan fingerprint density at radius 1 is 1.11 bits per heavy atom. The number of rotatable bonds is 6. The van der Waals surface area contributed by atoms with Crippen molar-refractivity contribution in [2.24, 2.45) is 0 Å². The molecule has 6 nitrogen and oxygen atoms in total. The van der Waals surface area contributed by atoms with Crippen LogP contribution in [0.5, 0.6) is 17.2 Å². The Labute approximate surface area is 189 Å². The van der Waals surface area contributed by atoms with Crippen molar-refractivity contribution in [3.63, 3.8) is 0 Å². The maximum atomic E-state index is 12.8. The summed E-state index contributed by atoms with van der Waals surface area (Å²) in [5.41, 5.74) is 0.455. The highest BCUT2D eigenvalue weighted by Crippen LogP contribution is 2.38. The van der Waals surface area contributed by atoms with E-state index in [1.807, 2.05) is 12.1 Å². The molecule has 28 heavy (non-hydrogen) atoms. The summed E-state index contributed by atoms with van der Waals surface area (Å²) in [5.74, 6) is 0.947. The number of hydrogen-bond donors (Lipinski definition) is 1. The topological polar surface area (TPSA) is 77.5 Å². The fourth-order valence-corrected chi connectivity index (χ4v) is 4.88. The molecule has 0 aliphatic heterocycles. The van der Waals surface area contributed by atoms with Gasteiger partial charge in [0.25, 0.3) is 10.0 Å². The molecule has 0 fully saturated rings. The molecule has 10 heteroatoms. The van der Waals surface area contributed by atoms with Crippen LogP contribution in [-0.2, 0) is 10.0 Å². The van der Waals surface area contributed by atoms with Crippen molar-refractivity contribution in [3.8, 4) is 17.2 Å². The summed E-state index contributed by atoms with van der Waals surface area (Å²) in [6.45, 7) is 0. The van der Waals surface area contributed by atoms with Crippen LogP contribution in [0.25, 0.3) is 0 Å². The molecule has 0 radical (unpaired) electrons. The minimum atomic E-state index is -3.85. The highest BCUT2D eigenvalue weighted by Gasteiger charge is 2.22. The number of sulfonamides is 1. The lowest BCUT2D eigenvalue weighted by Gasteiger charge is -2.15. The molecule has 3 rings (SSSR count). The van der Waals surface area contributed by atoms with Gasteiger partial charge >= 0.3 is 0 Å². The molecular weight excluding hydrogens is 583 g/mol. The van der Waals surface area contributed by atoms with E-state index in [-0.39, 0.29) is 10.6 Å². The van der Waals surface area contributed by atoms with E-state index in [2.05, 4.69) is 48.2 Å². The summed E-state index contributed by atoms with van der Waals surface area (Å²) in [6, 6.07) is 11.5. The summed E-state index contributed by atoms with van der Waals surface area (Å²) in [7, 11) is -2.43. The third-order valence-electron chi connectivity index (χ3n) is 3.51. The van der Waals surface area contributed by atoms with Crippen LogP contribution < -0.4 is 14.2 Å². The number of nitrogens with zero attached hydrogens (tertiary/aromatic N) is 1. The second kappa shape index (κ2) is 8.85. The van der Waals surface area contributed by atoms with E-state index in [0.717, 1.165) is 3.57 Å². The van der Waals surface area contributed by atoms with Crippen molar-refractivity contribution < 1.29 is 17.9 Å². The fourth-order valence-electron chi connectivity index (χ4n) is 2.26. The molecule has 0 unspecified atom stereocenters. The number of anilines is 1. The molecule has 0 saturated heterocycles. The molecule has 1 N–H and O–H groups in total. The molecule has 0 atom stereocenters. The Morgan fingerprint density at radius 2 is 1.82 bits per heavy atom. The Morgan fingerprint density at radius 3 is 2.46 bits per heavy atom. The number of methoxy groups -OCH3 is 1. The molecule has 146 valence electrons. The fraction of sp³-hybridized carbons (Fsp3) is 0.0556. The van der Waals surface area contributed by atoms with Crippen LogP contribution in [0.15, 0.2) is 64.2 Å². The second-order valence-electron chi connectivity index (χ2n) is 5.49. The Balaban J connectivity index is 1.94. The van der Waals surface area contributed by atoms with Gasteiger partial charge in [0.05, 0.1) is 18.3 Å². The van der Waals surface area contributed by atoms with Crippen molar-refractivity contribution >= 4 is 65.8 Å². The third-order valence-corrected chi connectivity index (χ3v) is 6.78. The van der Waals surface area contributed by atoms with Gasteiger partial charge in [-0.05, 0) is 62.8 Å². The SMILES string of the molecule is COc1cc(S(=O)(=O)Nc2ccc(I)cc2)c(Br)cc1Oc1cncc(Cl)c1. The first kappa shape index (κ1) is 21.2. The van der Waals surface area contributed by atoms with Crippen molar-refractivity contribution in [2.75, 3.05) is 11.8 Å². The van der Waals surface area contributed by atoms with Crippen molar-refractivity contribution in [1.29, 1.82) is 0 Å². The number of pyridine rings is 1. The van der Waals surface area contributed by atoms with Crippen LogP contribution in [0.4, 0.5) is 5.69 Å². The lowest BCUT2D eigenvalue weighted by molar-refractivity contribution is 0.376. The van der Waals surface area contributed by atoms with Crippen LogP contribution in [0.1, 0.15) is 0 Å². The van der Waals surface area contributed by atoms with E-state index < -0.39 is 10.0 Å². The van der Waals surface area contributed by atoms with Crippen LogP contribution in [0.2, 0.25) is 5.02 Å². The van der Waals surface area contributed by atoms with Crippen LogP contribution >= 0.6 is 50.1 Å². The quantitative estimate of drug-likeness (QED) is 0.370. The van der Waals surface area contributed by atoms with Gasteiger partial charge in [-0.25, -0.2) is 8.42 Å². The van der Waals surface area contributed by atoms with Crippen molar-refractivity contribution in [3.05, 3.63) is 67.9 Å². The van der Waals surface area contributed by atoms with Gasteiger partial charge in [0.1, 0.15) is 10.6 Å². The first-order chi connectivity index (χ1) is 13.3. The number of hydrogen-bond acceptors (Lipinski definition) is 5. The third kappa shape index (κ3) is 5.07. The Hall–Kier alpha value is -1.56. The number of halogens is 3. The van der Waals surface area contributed by atoms with Gasteiger partial charge in [0.15, 0.2) is 11.5 Å². The van der Waals surface area contributed by atoms with E-state index in [0.29, 0.717) is 26.7 Å². The molecule has 2 aromatic carbocycles. The molecule has 3 aromatic rings. The van der Waals surface area contributed by atoms with Gasteiger partial charge in [-0.3, -0.25) is 9.71 Å². The van der Waals surface area contributed by atoms with Gasteiger partial charge in [0.2, 0.25) is 0 Å². The standard InChI is InChI=1S/C18H13BrClIN2O4S/c1-26-16-8-18(28(24,25)23-13-4-2-12(21)3-5-13)15(19)7-17(16)27-14-6-11(20)9-22-10-14/h2-10,23H,1H3. The van der Waals surface area contributed by atoms with Crippen LogP contribution in [0, 0.1) is 3.57 Å². The average molecular weight is 596 g/mol. The van der Waals surface area contributed by atoms with E-state index >= 15 is 0 Å². The van der Waals surface area contributed by atoms with E-state index in [1.54, 1.807) is 18.2 Å². The molecule has 1 heterocycles. The summed E-state index contributed by atoms with van der Waals surface area (Å²) < 4.78 is 40.6. The first-order valence-electron chi connectivity index (χ1n) is 7.73. The summed E-state index contributed by atoms with van der Waals surface area (Å²) >= 11 is 11.4. The number of nitrogens with one attached hydrogen (secondary N) is 1. The van der Waals surface area contributed by atoms with E-state index in [9.17, 15) is 8.42 Å². The molecule has 0 bridgehead atoms. The minimum Gasteiger partial charge on any atom is -0.493 e. The number of aromatic nitrogens is 1. The summed E-state index contributed by atoms with van der Waals surface area (Å²) in [4.78, 5) is 3.97. The van der Waals surface area contributed by atoms with Crippen LogP contribution in [0.3, 0.4) is 0 Å². The van der Waals surface area contributed by atoms with Gasteiger partial charge in [0, 0.05) is 38.1 Å². The van der Waals surface area contributed by atoms with Gasteiger partial charge < -0.3 is 9.47 Å². The molecule has 0 amide bonds. The highest BCUT2D eigenvalue weighted by molar-refractivity contribution is 14.1. The maximum absolute atomic E-state index is 12.8. The Bertz CT molecular complexity index is 1110. The molecule has 0 aliphatic rings. The number of benzene rings is 2. The van der Waals surface area contributed by atoms with Crippen molar-refractivity contribution in [1.82, 2.24) is 4.98 Å². The molecule has 0 aliphatic carbocycles. The maximum Gasteiger partial charge on any atom is 0.263 e. The lowest BCUT2D eigenvalue weighted by atomic mass is 10.3. The number of ether oxygens (including phenoxy) is 2. The Kier molecular flexibility index (Phi) is 6.69. The smallest absolute Gasteiger partial charge is 0.263 e. The lowest BCUT2D eigenvalue weighted by Crippen LogP contribution is -2.14. The van der Waals surface area contributed by atoms with Gasteiger partial charge in [-0.15, -0.1) is 0 Å².